The summed E-state index contributed by atoms with van der Waals surface area (Å²) in [6.07, 6.45) is 5.54. The van der Waals surface area contributed by atoms with Crippen LogP contribution >= 0.6 is 0 Å². The van der Waals surface area contributed by atoms with Crippen LogP contribution in [-0.2, 0) is 11.3 Å². The minimum atomic E-state index is -0.0861. The first-order valence-corrected chi connectivity index (χ1v) is 11.7. The topological polar surface area (TPSA) is 37.6 Å². The third kappa shape index (κ3) is 4.92. The van der Waals surface area contributed by atoms with Crippen molar-refractivity contribution in [3.63, 3.8) is 0 Å². The van der Waals surface area contributed by atoms with Crippen molar-refractivity contribution in [2.45, 2.75) is 20.4 Å². The number of carbonyl (C=O) groups is 1. The van der Waals surface area contributed by atoms with E-state index in [2.05, 4.69) is 50.2 Å². The number of rotatable bonds is 6. The van der Waals surface area contributed by atoms with Gasteiger partial charge in [0.05, 0.1) is 17.9 Å². The van der Waals surface area contributed by atoms with Crippen molar-refractivity contribution in [3.8, 4) is 11.3 Å². The minimum absolute atomic E-state index is 0.0861. The van der Waals surface area contributed by atoms with E-state index in [1.54, 1.807) is 11.0 Å². The number of aromatic nitrogens is 2. The van der Waals surface area contributed by atoms with Gasteiger partial charge in [0.15, 0.2) is 0 Å². The molecular formula is C31H27N3O. The van der Waals surface area contributed by atoms with Crippen molar-refractivity contribution < 1.29 is 4.79 Å². The summed E-state index contributed by atoms with van der Waals surface area (Å²) in [5.41, 5.74) is 7.88. The average molecular weight is 458 g/mol. The van der Waals surface area contributed by atoms with Gasteiger partial charge < -0.3 is 4.90 Å². The fraction of sp³-hybridized carbons (Fsp3) is 0.0968. The molecule has 0 unspecified atom stereocenters. The fourth-order valence-electron chi connectivity index (χ4n) is 4.16. The van der Waals surface area contributed by atoms with Crippen molar-refractivity contribution in [2.75, 3.05) is 4.90 Å². The second kappa shape index (κ2) is 9.82. The summed E-state index contributed by atoms with van der Waals surface area (Å²) in [6, 6.07) is 32.3. The third-order valence-corrected chi connectivity index (χ3v) is 6.04. The molecule has 4 nitrogen and oxygen atoms in total. The van der Waals surface area contributed by atoms with Crippen molar-refractivity contribution in [2.24, 2.45) is 0 Å². The number of imidazole rings is 1. The maximum atomic E-state index is 13.5. The first-order chi connectivity index (χ1) is 17.1. The number of hydrogen-bond donors (Lipinski definition) is 0. The Morgan fingerprint density at radius 3 is 2.26 bits per heavy atom. The SMILES string of the molecule is Cc1ccc(-c2nc3cc(C)ccn3c2/C=C/C(=O)N(Cc2ccccc2)c2ccccc2)cc1. The van der Waals surface area contributed by atoms with E-state index in [-0.39, 0.29) is 5.91 Å². The third-order valence-electron chi connectivity index (χ3n) is 6.04. The Morgan fingerprint density at radius 1 is 0.857 bits per heavy atom. The molecule has 0 aliphatic rings. The summed E-state index contributed by atoms with van der Waals surface area (Å²) >= 11 is 0. The summed E-state index contributed by atoms with van der Waals surface area (Å²) in [5.74, 6) is -0.0861. The highest BCUT2D eigenvalue weighted by Crippen LogP contribution is 2.27. The van der Waals surface area contributed by atoms with Crippen molar-refractivity contribution >= 4 is 23.3 Å². The number of amides is 1. The van der Waals surface area contributed by atoms with Crippen LogP contribution in [0.1, 0.15) is 22.4 Å². The highest BCUT2D eigenvalue weighted by Gasteiger charge is 2.16. The van der Waals surface area contributed by atoms with Crippen LogP contribution in [0.3, 0.4) is 0 Å². The lowest BCUT2D eigenvalue weighted by molar-refractivity contribution is -0.114. The number of fused-ring (bicyclic) bond motifs is 1. The Balaban J connectivity index is 1.54. The number of nitrogens with zero attached hydrogens (tertiary/aromatic N) is 3. The van der Waals surface area contributed by atoms with Crippen molar-refractivity contribution in [1.82, 2.24) is 9.38 Å². The summed E-state index contributed by atoms with van der Waals surface area (Å²) < 4.78 is 2.04. The van der Waals surface area contributed by atoms with Crippen LogP contribution in [0.4, 0.5) is 5.69 Å². The lowest BCUT2D eigenvalue weighted by Crippen LogP contribution is -2.28. The number of aryl methyl sites for hydroxylation is 2. The largest absolute Gasteiger partial charge is 0.304 e. The predicted molar refractivity (Wildman–Crippen MR) is 143 cm³/mol. The number of para-hydroxylation sites is 1. The minimum Gasteiger partial charge on any atom is -0.304 e. The second-order valence-corrected chi connectivity index (χ2v) is 8.72. The molecular weight excluding hydrogens is 430 g/mol. The molecule has 5 aromatic rings. The van der Waals surface area contributed by atoms with Crippen LogP contribution in [0, 0.1) is 13.8 Å². The van der Waals surface area contributed by atoms with E-state index < -0.39 is 0 Å². The van der Waals surface area contributed by atoms with Crippen LogP contribution in [-0.4, -0.2) is 15.3 Å². The second-order valence-electron chi connectivity index (χ2n) is 8.72. The van der Waals surface area contributed by atoms with Gasteiger partial charge in [-0.05, 0) is 55.3 Å². The van der Waals surface area contributed by atoms with E-state index >= 15 is 0 Å². The van der Waals surface area contributed by atoms with Crippen LogP contribution in [0.25, 0.3) is 23.0 Å². The summed E-state index contributed by atoms with van der Waals surface area (Å²) in [6.45, 7) is 4.62. The normalized spacial score (nSPS) is 11.3. The molecule has 4 heteroatoms. The zero-order valence-corrected chi connectivity index (χ0v) is 19.9. The van der Waals surface area contributed by atoms with Gasteiger partial charge in [0.25, 0.3) is 5.91 Å². The number of hydrogen-bond acceptors (Lipinski definition) is 2. The molecule has 2 aromatic heterocycles. The van der Waals surface area contributed by atoms with Crippen LogP contribution < -0.4 is 4.90 Å². The van der Waals surface area contributed by atoms with E-state index in [9.17, 15) is 4.79 Å². The predicted octanol–water partition coefficient (Wildman–Crippen LogP) is 6.86. The summed E-state index contributed by atoms with van der Waals surface area (Å²) in [5, 5.41) is 0. The maximum absolute atomic E-state index is 13.5. The van der Waals surface area contributed by atoms with Crippen LogP contribution in [0.2, 0.25) is 0 Å². The molecule has 0 spiro atoms. The van der Waals surface area contributed by atoms with Crippen LogP contribution in [0.15, 0.2) is 109 Å². The highest BCUT2D eigenvalue weighted by molar-refractivity contribution is 6.04. The van der Waals surface area contributed by atoms with E-state index in [4.69, 9.17) is 4.98 Å². The van der Waals surface area contributed by atoms with Crippen LogP contribution in [0.5, 0.6) is 0 Å². The molecule has 3 aromatic carbocycles. The van der Waals surface area contributed by atoms with Gasteiger partial charge in [-0.15, -0.1) is 0 Å². The molecule has 5 rings (SSSR count). The number of pyridine rings is 1. The molecule has 0 aliphatic carbocycles. The van der Waals surface area contributed by atoms with Gasteiger partial charge in [-0.25, -0.2) is 4.98 Å². The maximum Gasteiger partial charge on any atom is 0.251 e. The van der Waals surface area contributed by atoms with Gasteiger partial charge in [-0.2, -0.15) is 0 Å². The van der Waals surface area contributed by atoms with Gasteiger partial charge in [0.2, 0.25) is 0 Å². The molecule has 0 fully saturated rings. The first-order valence-electron chi connectivity index (χ1n) is 11.7. The molecule has 0 N–H and O–H groups in total. The fourth-order valence-corrected chi connectivity index (χ4v) is 4.16. The summed E-state index contributed by atoms with van der Waals surface area (Å²) in [7, 11) is 0. The Kier molecular flexibility index (Phi) is 6.27. The molecule has 0 aliphatic heterocycles. The van der Waals surface area contributed by atoms with Gasteiger partial charge >= 0.3 is 0 Å². The van der Waals surface area contributed by atoms with E-state index in [0.29, 0.717) is 6.54 Å². The number of benzene rings is 3. The molecule has 0 saturated heterocycles. The van der Waals surface area contributed by atoms with Crippen molar-refractivity contribution in [3.05, 3.63) is 132 Å². The molecule has 1 amide bonds. The molecule has 35 heavy (non-hydrogen) atoms. The number of carbonyl (C=O) groups excluding carboxylic acids is 1. The molecule has 2 heterocycles. The highest BCUT2D eigenvalue weighted by atomic mass is 16.2. The Bertz CT molecular complexity index is 1480. The lowest BCUT2D eigenvalue weighted by Gasteiger charge is -2.21. The molecule has 0 saturated carbocycles. The van der Waals surface area contributed by atoms with E-state index in [0.717, 1.165) is 39.4 Å². The zero-order valence-electron chi connectivity index (χ0n) is 19.9. The monoisotopic (exact) mass is 457 g/mol. The molecule has 0 atom stereocenters. The molecule has 172 valence electrons. The number of anilines is 1. The van der Waals surface area contributed by atoms with Gasteiger partial charge in [0, 0.05) is 23.5 Å². The van der Waals surface area contributed by atoms with E-state index in [1.165, 1.54) is 5.56 Å². The Morgan fingerprint density at radius 2 is 1.54 bits per heavy atom. The standard InChI is InChI=1S/C31H27N3O/c1-23-13-15-26(16-14-23)31-28(33-20-19-24(2)21-29(33)32-31)17-18-30(35)34(27-11-7-4-8-12-27)22-25-9-5-3-6-10-25/h3-21H,22H2,1-2H3/b18-17+. The summed E-state index contributed by atoms with van der Waals surface area (Å²) in [4.78, 5) is 20.2. The van der Waals surface area contributed by atoms with Gasteiger partial charge in [-0.1, -0.05) is 78.4 Å². The Labute approximate surface area is 205 Å². The zero-order chi connectivity index (χ0) is 24.2. The molecule has 0 bridgehead atoms. The van der Waals surface area contributed by atoms with Gasteiger partial charge in [0.1, 0.15) is 5.65 Å². The first kappa shape index (κ1) is 22.4. The van der Waals surface area contributed by atoms with Gasteiger partial charge in [-0.3, -0.25) is 9.20 Å². The van der Waals surface area contributed by atoms with Crippen molar-refractivity contribution in [1.29, 1.82) is 0 Å². The van der Waals surface area contributed by atoms with E-state index in [1.807, 2.05) is 77.3 Å². The molecule has 0 radical (unpaired) electrons. The lowest BCUT2D eigenvalue weighted by atomic mass is 10.1. The Hall–Kier alpha value is -4.44. The average Bonchev–Trinajstić information content (AvgIpc) is 3.24. The quantitative estimate of drug-likeness (QED) is 0.261. The smallest absolute Gasteiger partial charge is 0.251 e.